The van der Waals surface area contributed by atoms with Crippen molar-refractivity contribution in [2.24, 2.45) is 34.5 Å². The summed E-state index contributed by atoms with van der Waals surface area (Å²) in [4.78, 5) is 11.6. The van der Waals surface area contributed by atoms with Gasteiger partial charge in [-0.2, -0.15) is 0 Å². The highest BCUT2D eigenvalue weighted by atomic mass is 16.8. The summed E-state index contributed by atoms with van der Waals surface area (Å²) in [5.74, 6) is 2.08. The molecular weight excluding hydrogens is 368 g/mol. The SMILES string of the molecule is C[C@]12CC[C@H](O)C[C@H]1CC[C@@H]1[C@@H]2CC[C@]2(C)[C@@H]([C@@]34C=CC(=O)O[C@@H]3O4)C[C@H]3O[C@@]132. The van der Waals surface area contributed by atoms with E-state index in [2.05, 4.69) is 13.8 Å². The van der Waals surface area contributed by atoms with E-state index in [1.54, 1.807) is 6.08 Å². The summed E-state index contributed by atoms with van der Waals surface area (Å²) in [7, 11) is 0. The summed E-state index contributed by atoms with van der Waals surface area (Å²) >= 11 is 0. The van der Waals surface area contributed by atoms with Crippen molar-refractivity contribution < 1.29 is 24.1 Å². The van der Waals surface area contributed by atoms with Gasteiger partial charge in [0.25, 0.3) is 0 Å². The fourth-order valence-corrected chi connectivity index (χ4v) is 9.44. The first-order valence-corrected chi connectivity index (χ1v) is 11.8. The zero-order valence-electron chi connectivity index (χ0n) is 17.4. The second-order valence-electron chi connectivity index (χ2n) is 11.6. The molecule has 7 rings (SSSR count). The first-order valence-electron chi connectivity index (χ1n) is 11.8. The standard InChI is InChI=1S/C24H32O5/c1-21-8-5-14(25)11-13(21)3-4-16-15(21)6-9-22(2)17(12-18-24(16,22)28-18)23-10-7-19(26)27-20(23)29-23/h7,10,13-18,20,25H,3-6,8-9,11-12H2,1-2H3/t13-,14+,15+,16-,17+,18-,20-,21+,22-,23+,24+/m1/s1. The molecule has 158 valence electrons. The Labute approximate surface area is 172 Å². The number of hydrogen-bond acceptors (Lipinski definition) is 5. The van der Waals surface area contributed by atoms with E-state index in [-0.39, 0.29) is 29.4 Å². The lowest BCUT2D eigenvalue weighted by atomic mass is 9.43. The number of epoxide rings is 2. The number of ether oxygens (including phenoxy) is 3. The molecule has 5 heteroatoms. The second-order valence-corrected chi connectivity index (χ2v) is 11.6. The third-order valence-corrected chi connectivity index (χ3v) is 10.9. The van der Waals surface area contributed by atoms with Crippen LogP contribution < -0.4 is 0 Å². The highest BCUT2D eigenvalue weighted by Crippen LogP contribution is 2.79. The maximum Gasteiger partial charge on any atom is 0.332 e. The van der Waals surface area contributed by atoms with Crippen LogP contribution in [0.15, 0.2) is 12.2 Å². The smallest absolute Gasteiger partial charge is 0.332 e. The summed E-state index contributed by atoms with van der Waals surface area (Å²) in [5, 5.41) is 10.3. The van der Waals surface area contributed by atoms with Crippen molar-refractivity contribution in [1.29, 1.82) is 0 Å². The maximum atomic E-state index is 11.6. The molecule has 11 atom stereocenters. The highest BCUT2D eigenvalue weighted by molar-refractivity contribution is 5.84. The van der Waals surface area contributed by atoms with Gasteiger partial charge < -0.3 is 19.3 Å². The first-order chi connectivity index (χ1) is 13.8. The van der Waals surface area contributed by atoms with E-state index < -0.39 is 5.60 Å². The lowest BCUT2D eigenvalue weighted by Gasteiger charge is -2.61. The van der Waals surface area contributed by atoms with E-state index in [1.165, 1.54) is 25.7 Å². The quantitative estimate of drug-likeness (QED) is 0.540. The molecule has 5 nitrogen and oxygen atoms in total. The average molecular weight is 401 g/mol. The molecule has 2 saturated heterocycles. The Morgan fingerprint density at radius 1 is 1.03 bits per heavy atom. The Morgan fingerprint density at radius 2 is 1.90 bits per heavy atom. The van der Waals surface area contributed by atoms with Crippen molar-refractivity contribution in [1.82, 2.24) is 0 Å². The lowest BCUT2D eigenvalue weighted by Crippen LogP contribution is -2.59. The Bertz CT molecular complexity index is 824. The monoisotopic (exact) mass is 400 g/mol. The van der Waals surface area contributed by atoms with E-state index in [0.717, 1.165) is 25.7 Å². The molecule has 0 aromatic rings. The van der Waals surface area contributed by atoms with Gasteiger partial charge in [0, 0.05) is 17.4 Å². The van der Waals surface area contributed by atoms with Gasteiger partial charge in [0.1, 0.15) is 5.60 Å². The van der Waals surface area contributed by atoms with Crippen molar-refractivity contribution in [2.75, 3.05) is 0 Å². The average Bonchev–Trinajstić information content (AvgIpc) is 3.57. The molecule has 0 aromatic heterocycles. The fraction of sp³-hybridized carbons (Fsp3) is 0.875. The van der Waals surface area contributed by atoms with Gasteiger partial charge in [-0.15, -0.1) is 0 Å². The highest BCUT2D eigenvalue weighted by Gasteiger charge is 2.85. The van der Waals surface area contributed by atoms with E-state index in [1.807, 2.05) is 6.08 Å². The first kappa shape index (κ1) is 17.7. The zero-order valence-corrected chi connectivity index (χ0v) is 17.4. The summed E-state index contributed by atoms with van der Waals surface area (Å²) < 4.78 is 18.1. The van der Waals surface area contributed by atoms with Crippen LogP contribution in [-0.4, -0.2) is 40.8 Å². The molecule has 4 saturated carbocycles. The van der Waals surface area contributed by atoms with Crippen LogP contribution in [0.25, 0.3) is 0 Å². The van der Waals surface area contributed by atoms with Crippen LogP contribution in [0.2, 0.25) is 0 Å². The topological polar surface area (TPSA) is 71.6 Å². The molecular formula is C24H32O5. The van der Waals surface area contributed by atoms with Crippen LogP contribution >= 0.6 is 0 Å². The number of aliphatic hydroxyl groups excluding tert-OH is 1. The van der Waals surface area contributed by atoms with Gasteiger partial charge >= 0.3 is 5.97 Å². The third-order valence-electron chi connectivity index (χ3n) is 10.9. The Kier molecular flexibility index (Phi) is 3.12. The van der Waals surface area contributed by atoms with Crippen LogP contribution in [0.5, 0.6) is 0 Å². The summed E-state index contributed by atoms with van der Waals surface area (Å²) in [6, 6.07) is 0. The Hall–Kier alpha value is -0.910. The van der Waals surface area contributed by atoms with Gasteiger partial charge in [-0.3, -0.25) is 0 Å². The molecule has 1 N–H and O–H groups in total. The number of carbonyl (C=O) groups excluding carboxylic acids is 1. The van der Waals surface area contributed by atoms with Crippen molar-refractivity contribution in [2.45, 2.75) is 94.9 Å². The molecule has 6 fully saturated rings. The Balaban J connectivity index is 1.24. The molecule has 1 spiro atoms. The van der Waals surface area contributed by atoms with E-state index in [0.29, 0.717) is 35.2 Å². The van der Waals surface area contributed by atoms with Crippen molar-refractivity contribution in [3.63, 3.8) is 0 Å². The molecule has 4 aliphatic carbocycles. The van der Waals surface area contributed by atoms with Crippen LogP contribution in [-0.2, 0) is 19.0 Å². The van der Waals surface area contributed by atoms with Gasteiger partial charge in [0.15, 0.2) is 5.60 Å². The van der Waals surface area contributed by atoms with Gasteiger partial charge in [-0.25, -0.2) is 4.79 Å². The number of rotatable bonds is 1. The zero-order chi connectivity index (χ0) is 19.8. The summed E-state index contributed by atoms with van der Waals surface area (Å²) in [5.41, 5.74) is 0.0174. The predicted molar refractivity (Wildman–Crippen MR) is 104 cm³/mol. The van der Waals surface area contributed by atoms with E-state index >= 15 is 0 Å². The number of fused-ring (bicyclic) bond motifs is 4. The molecule has 0 bridgehead atoms. The van der Waals surface area contributed by atoms with Gasteiger partial charge in [-0.1, -0.05) is 13.8 Å². The fourth-order valence-electron chi connectivity index (χ4n) is 9.44. The number of esters is 1. The molecule has 3 heterocycles. The molecule has 0 unspecified atom stereocenters. The van der Waals surface area contributed by atoms with Crippen LogP contribution in [0.4, 0.5) is 0 Å². The molecule has 0 aromatic carbocycles. The maximum absolute atomic E-state index is 11.6. The predicted octanol–water partition coefficient (Wildman–Crippen LogP) is 3.35. The number of aliphatic hydroxyl groups is 1. The van der Waals surface area contributed by atoms with Crippen molar-refractivity contribution >= 4 is 5.97 Å². The largest absolute Gasteiger partial charge is 0.429 e. The minimum absolute atomic E-state index is 0.00876. The van der Waals surface area contributed by atoms with E-state index in [9.17, 15) is 9.90 Å². The molecule has 0 amide bonds. The molecule has 3 aliphatic heterocycles. The van der Waals surface area contributed by atoms with E-state index in [4.69, 9.17) is 14.2 Å². The van der Waals surface area contributed by atoms with Crippen LogP contribution in [0.1, 0.15) is 65.2 Å². The number of carbonyl (C=O) groups is 1. The molecule has 7 aliphatic rings. The minimum Gasteiger partial charge on any atom is -0.429 e. The van der Waals surface area contributed by atoms with Gasteiger partial charge in [-0.05, 0) is 80.6 Å². The Morgan fingerprint density at radius 3 is 2.72 bits per heavy atom. The van der Waals surface area contributed by atoms with Crippen LogP contribution in [0.3, 0.4) is 0 Å². The van der Waals surface area contributed by atoms with Gasteiger partial charge in [0.2, 0.25) is 6.29 Å². The normalized spacial score (nSPS) is 64.1. The van der Waals surface area contributed by atoms with Gasteiger partial charge in [0.05, 0.1) is 12.2 Å². The number of hydrogen-bond donors (Lipinski definition) is 1. The third kappa shape index (κ3) is 1.89. The molecule has 29 heavy (non-hydrogen) atoms. The van der Waals surface area contributed by atoms with Crippen molar-refractivity contribution in [3.8, 4) is 0 Å². The summed E-state index contributed by atoms with van der Waals surface area (Å²) in [6.45, 7) is 4.96. The summed E-state index contributed by atoms with van der Waals surface area (Å²) in [6.07, 6.45) is 12.4. The second kappa shape index (κ2) is 5.11. The minimum atomic E-state index is -0.407. The van der Waals surface area contributed by atoms with Crippen LogP contribution in [0, 0.1) is 34.5 Å². The van der Waals surface area contributed by atoms with Crippen molar-refractivity contribution in [3.05, 3.63) is 12.2 Å². The lowest BCUT2D eigenvalue weighted by molar-refractivity contribution is -0.151. The molecule has 0 radical (unpaired) electrons.